The number of carbonyl (C=O) groups is 1. The molecule has 0 aliphatic carbocycles. The Kier molecular flexibility index (Phi) is 5.08. The molecule has 2 aliphatic rings. The van der Waals surface area contributed by atoms with Gasteiger partial charge in [0.15, 0.2) is 0 Å². The fourth-order valence-corrected chi connectivity index (χ4v) is 3.69. The third-order valence-electron chi connectivity index (χ3n) is 4.98. The summed E-state index contributed by atoms with van der Waals surface area (Å²) in [6, 6.07) is 0.583. The Bertz CT molecular complexity index is 524. The van der Waals surface area contributed by atoms with E-state index in [9.17, 15) is 4.79 Å². The molecule has 2 aliphatic heterocycles. The minimum atomic E-state index is -0.420. The SMILES string of the molecule is CC(C)(C)OC(=O)N1CCC(N2CCC(c3nnc[nH]3)CC2)CC1. The van der Waals surface area contributed by atoms with Crippen molar-refractivity contribution in [1.29, 1.82) is 0 Å². The van der Waals surface area contributed by atoms with E-state index in [0.29, 0.717) is 12.0 Å². The number of nitrogens with one attached hydrogen (secondary N) is 1. The van der Waals surface area contributed by atoms with E-state index in [0.717, 1.165) is 57.7 Å². The number of rotatable bonds is 2. The van der Waals surface area contributed by atoms with E-state index in [-0.39, 0.29) is 6.09 Å². The zero-order valence-electron chi connectivity index (χ0n) is 15.0. The van der Waals surface area contributed by atoms with Crippen LogP contribution in [0.25, 0.3) is 0 Å². The molecule has 24 heavy (non-hydrogen) atoms. The summed E-state index contributed by atoms with van der Waals surface area (Å²) < 4.78 is 5.47. The van der Waals surface area contributed by atoms with Crippen LogP contribution in [0.15, 0.2) is 6.33 Å². The van der Waals surface area contributed by atoms with E-state index < -0.39 is 5.60 Å². The Balaban J connectivity index is 1.43. The van der Waals surface area contributed by atoms with Gasteiger partial charge in [-0.2, -0.15) is 0 Å². The first-order chi connectivity index (χ1) is 11.4. The predicted molar refractivity (Wildman–Crippen MR) is 90.8 cm³/mol. The summed E-state index contributed by atoms with van der Waals surface area (Å²) in [5.74, 6) is 1.53. The number of carbonyl (C=O) groups excluding carboxylic acids is 1. The number of piperidine rings is 2. The molecule has 0 atom stereocenters. The van der Waals surface area contributed by atoms with Gasteiger partial charge in [-0.1, -0.05) is 0 Å². The molecule has 1 aromatic heterocycles. The van der Waals surface area contributed by atoms with Crippen LogP contribution in [0.2, 0.25) is 0 Å². The fraction of sp³-hybridized carbons (Fsp3) is 0.824. The third-order valence-corrected chi connectivity index (χ3v) is 4.98. The summed E-state index contributed by atoms with van der Waals surface area (Å²) in [5, 5.41) is 8.04. The van der Waals surface area contributed by atoms with E-state index in [2.05, 4.69) is 20.1 Å². The van der Waals surface area contributed by atoms with Gasteiger partial charge in [-0.25, -0.2) is 4.79 Å². The van der Waals surface area contributed by atoms with Crippen LogP contribution < -0.4 is 0 Å². The Hall–Kier alpha value is -1.63. The van der Waals surface area contributed by atoms with Crippen LogP contribution in [0.3, 0.4) is 0 Å². The van der Waals surface area contributed by atoms with Crippen LogP contribution in [0.1, 0.15) is 58.2 Å². The molecule has 0 unspecified atom stereocenters. The lowest BCUT2D eigenvalue weighted by Gasteiger charge is -2.41. The van der Waals surface area contributed by atoms with Crippen molar-refractivity contribution < 1.29 is 9.53 Å². The van der Waals surface area contributed by atoms with Gasteiger partial charge in [-0.05, 0) is 59.5 Å². The summed E-state index contributed by atoms with van der Waals surface area (Å²) in [6.45, 7) is 9.52. The Morgan fingerprint density at radius 1 is 1.17 bits per heavy atom. The Labute approximate surface area is 143 Å². The first kappa shape index (κ1) is 17.2. The summed E-state index contributed by atoms with van der Waals surface area (Å²) in [6.07, 6.45) is 5.81. The molecule has 0 radical (unpaired) electrons. The van der Waals surface area contributed by atoms with Gasteiger partial charge in [-0.15, -0.1) is 10.2 Å². The minimum absolute atomic E-state index is 0.176. The molecule has 0 bridgehead atoms. The molecule has 1 aromatic rings. The van der Waals surface area contributed by atoms with Crippen LogP contribution in [0.4, 0.5) is 4.79 Å². The lowest BCUT2D eigenvalue weighted by atomic mass is 9.93. The van der Waals surface area contributed by atoms with E-state index in [1.54, 1.807) is 6.33 Å². The van der Waals surface area contributed by atoms with Crippen molar-refractivity contribution in [3.8, 4) is 0 Å². The van der Waals surface area contributed by atoms with Gasteiger partial charge in [0, 0.05) is 25.0 Å². The molecule has 0 aromatic carbocycles. The van der Waals surface area contributed by atoms with Crippen LogP contribution in [-0.4, -0.2) is 68.9 Å². The predicted octanol–water partition coefficient (Wildman–Crippen LogP) is 2.38. The van der Waals surface area contributed by atoms with Crippen molar-refractivity contribution in [3.05, 3.63) is 12.2 Å². The maximum absolute atomic E-state index is 12.1. The summed E-state index contributed by atoms with van der Waals surface area (Å²) in [5.41, 5.74) is -0.420. The maximum atomic E-state index is 12.1. The summed E-state index contributed by atoms with van der Waals surface area (Å²) >= 11 is 0. The quantitative estimate of drug-likeness (QED) is 0.898. The number of nitrogens with zero attached hydrogens (tertiary/aromatic N) is 4. The average molecular weight is 335 g/mol. The Morgan fingerprint density at radius 2 is 1.83 bits per heavy atom. The number of aromatic nitrogens is 3. The maximum Gasteiger partial charge on any atom is 0.410 e. The monoisotopic (exact) mass is 335 g/mol. The number of amides is 1. The first-order valence-electron chi connectivity index (χ1n) is 9.00. The van der Waals surface area contributed by atoms with Crippen molar-refractivity contribution in [2.75, 3.05) is 26.2 Å². The zero-order valence-corrected chi connectivity index (χ0v) is 15.0. The lowest BCUT2D eigenvalue weighted by Crippen LogP contribution is -2.49. The summed E-state index contributed by atoms with van der Waals surface area (Å²) in [7, 11) is 0. The van der Waals surface area contributed by atoms with Gasteiger partial charge in [0.1, 0.15) is 17.8 Å². The molecular weight excluding hydrogens is 306 g/mol. The van der Waals surface area contributed by atoms with Gasteiger partial charge in [0.05, 0.1) is 0 Å². The van der Waals surface area contributed by atoms with Crippen LogP contribution in [0.5, 0.6) is 0 Å². The third kappa shape index (κ3) is 4.26. The average Bonchev–Trinajstić information content (AvgIpc) is 3.08. The molecule has 2 fully saturated rings. The van der Waals surface area contributed by atoms with E-state index in [4.69, 9.17) is 4.74 Å². The number of hydrogen-bond acceptors (Lipinski definition) is 5. The molecule has 3 heterocycles. The number of ether oxygens (including phenoxy) is 1. The second-order valence-electron chi connectivity index (χ2n) is 7.88. The number of likely N-dealkylation sites (tertiary alicyclic amines) is 2. The molecule has 7 heteroatoms. The fourth-order valence-electron chi connectivity index (χ4n) is 3.69. The van der Waals surface area contributed by atoms with Crippen molar-refractivity contribution in [3.63, 3.8) is 0 Å². The minimum Gasteiger partial charge on any atom is -0.444 e. The van der Waals surface area contributed by atoms with E-state index in [1.807, 2.05) is 25.7 Å². The van der Waals surface area contributed by atoms with Crippen molar-refractivity contribution >= 4 is 6.09 Å². The number of H-pyrrole nitrogens is 1. The molecule has 7 nitrogen and oxygen atoms in total. The number of hydrogen-bond donors (Lipinski definition) is 1. The second-order valence-corrected chi connectivity index (χ2v) is 7.88. The molecule has 2 saturated heterocycles. The lowest BCUT2D eigenvalue weighted by molar-refractivity contribution is 0.0126. The van der Waals surface area contributed by atoms with Gasteiger partial charge < -0.3 is 19.5 Å². The molecule has 0 spiro atoms. The summed E-state index contributed by atoms with van der Waals surface area (Å²) in [4.78, 5) is 19.7. The normalized spacial score (nSPS) is 21.9. The Morgan fingerprint density at radius 3 is 2.38 bits per heavy atom. The van der Waals surface area contributed by atoms with Gasteiger partial charge in [0.25, 0.3) is 0 Å². The van der Waals surface area contributed by atoms with Crippen molar-refractivity contribution in [2.45, 2.75) is 64.0 Å². The van der Waals surface area contributed by atoms with Crippen LogP contribution >= 0.6 is 0 Å². The highest BCUT2D eigenvalue weighted by molar-refractivity contribution is 5.68. The van der Waals surface area contributed by atoms with Crippen molar-refractivity contribution in [2.24, 2.45) is 0 Å². The van der Waals surface area contributed by atoms with Gasteiger partial charge in [0.2, 0.25) is 0 Å². The largest absolute Gasteiger partial charge is 0.444 e. The second kappa shape index (κ2) is 7.09. The van der Waals surface area contributed by atoms with Crippen LogP contribution in [-0.2, 0) is 4.74 Å². The molecular formula is C17H29N5O2. The molecule has 134 valence electrons. The van der Waals surface area contributed by atoms with E-state index >= 15 is 0 Å². The van der Waals surface area contributed by atoms with Gasteiger partial charge >= 0.3 is 6.09 Å². The molecule has 3 rings (SSSR count). The standard InChI is InChI=1S/C17H29N5O2/c1-17(2,3)24-16(23)22-10-6-14(7-11-22)21-8-4-13(5-9-21)15-18-12-19-20-15/h12-14H,4-11H2,1-3H3,(H,18,19,20). The highest BCUT2D eigenvalue weighted by Crippen LogP contribution is 2.28. The van der Waals surface area contributed by atoms with Crippen molar-refractivity contribution in [1.82, 2.24) is 25.0 Å². The van der Waals surface area contributed by atoms with Gasteiger partial charge in [-0.3, -0.25) is 0 Å². The van der Waals surface area contributed by atoms with Crippen LogP contribution in [0, 0.1) is 0 Å². The highest BCUT2D eigenvalue weighted by atomic mass is 16.6. The zero-order chi connectivity index (χ0) is 17.2. The molecule has 1 amide bonds. The highest BCUT2D eigenvalue weighted by Gasteiger charge is 2.32. The number of aromatic amines is 1. The first-order valence-corrected chi connectivity index (χ1v) is 9.00. The topological polar surface area (TPSA) is 74.3 Å². The smallest absolute Gasteiger partial charge is 0.410 e. The molecule has 0 saturated carbocycles. The van der Waals surface area contributed by atoms with E-state index in [1.165, 1.54) is 0 Å². The molecule has 1 N–H and O–H groups in total.